The molecule has 0 aliphatic carbocycles. The Balaban J connectivity index is 2.23. The highest BCUT2D eigenvalue weighted by molar-refractivity contribution is 9.10. The summed E-state index contributed by atoms with van der Waals surface area (Å²) in [7, 11) is 1.63. The Morgan fingerprint density at radius 2 is 2.11 bits per heavy atom. The zero-order valence-corrected chi connectivity index (χ0v) is 12.1. The lowest BCUT2D eigenvalue weighted by molar-refractivity contribution is 0.102. The van der Waals surface area contributed by atoms with Crippen molar-refractivity contribution in [2.75, 3.05) is 5.32 Å². The molecule has 0 fully saturated rings. The number of halogens is 1. The van der Waals surface area contributed by atoms with Crippen LogP contribution < -0.4 is 10.9 Å². The van der Waals surface area contributed by atoms with Crippen molar-refractivity contribution in [3.63, 3.8) is 0 Å². The molecule has 1 N–H and O–H groups in total. The number of amides is 1. The number of carbonyl (C=O) groups excluding carboxylic acids is 1. The highest BCUT2D eigenvalue weighted by atomic mass is 79.9. The van der Waals surface area contributed by atoms with E-state index in [-0.39, 0.29) is 11.5 Å². The van der Waals surface area contributed by atoms with Crippen LogP contribution in [0.2, 0.25) is 0 Å². The first-order valence-corrected chi connectivity index (χ1v) is 6.38. The molecule has 0 atom stereocenters. The van der Waals surface area contributed by atoms with Crippen molar-refractivity contribution >= 4 is 27.7 Å². The fraction of sp³-hybridized carbons (Fsp3) is 0.154. The first-order chi connectivity index (χ1) is 8.97. The third kappa shape index (κ3) is 3.08. The van der Waals surface area contributed by atoms with Crippen LogP contribution in [0.4, 0.5) is 5.82 Å². The van der Waals surface area contributed by atoms with Gasteiger partial charge in [-0.1, -0.05) is 0 Å². The van der Waals surface area contributed by atoms with Crippen LogP contribution in [0.25, 0.3) is 0 Å². The lowest BCUT2D eigenvalue weighted by Gasteiger charge is -2.06. The summed E-state index contributed by atoms with van der Waals surface area (Å²) in [5, 5.41) is 2.65. The molecule has 2 aromatic heterocycles. The van der Waals surface area contributed by atoms with Crippen molar-refractivity contribution in [2.45, 2.75) is 6.92 Å². The second-order valence-corrected chi connectivity index (χ2v) is 4.94. The van der Waals surface area contributed by atoms with Gasteiger partial charge in [-0.2, -0.15) is 0 Å². The smallest absolute Gasteiger partial charge is 0.257 e. The standard InChI is InChI=1S/C13H12BrN3O2/c1-8-10(14)3-4-11(15-8)16-13(19)9-5-6-17(2)12(18)7-9/h3-7H,1-2H3,(H,15,16,19). The van der Waals surface area contributed by atoms with Crippen molar-refractivity contribution in [3.05, 3.63) is 56.5 Å². The van der Waals surface area contributed by atoms with Gasteiger partial charge in [0.15, 0.2) is 0 Å². The Morgan fingerprint density at radius 1 is 1.37 bits per heavy atom. The number of rotatable bonds is 2. The second-order valence-electron chi connectivity index (χ2n) is 4.08. The van der Waals surface area contributed by atoms with E-state index in [1.165, 1.54) is 10.6 Å². The van der Waals surface area contributed by atoms with Crippen LogP contribution in [0.5, 0.6) is 0 Å². The number of pyridine rings is 2. The van der Waals surface area contributed by atoms with Crippen molar-refractivity contribution < 1.29 is 4.79 Å². The van der Waals surface area contributed by atoms with Crippen molar-refractivity contribution in [3.8, 4) is 0 Å². The van der Waals surface area contributed by atoms with Crippen LogP contribution in [0.1, 0.15) is 16.1 Å². The van der Waals surface area contributed by atoms with Crippen molar-refractivity contribution in [1.29, 1.82) is 0 Å². The van der Waals surface area contributed by atoms with Gasteiger partial charge >= 0.3 is 0 Å². The molecule has 98 valence electrons. The number of anilines is 1. The lowest BCUT2D eigenvalue weighted by atomic mass is 10.2. The maximum Gasteiger partial charge on any atom is 0.257 e. The summed E-state index contributed by atoms with van der Waals surface area (Å²) < 4.78 is 2.28. The number of aromatic nitrogens is 2. The van der Waals surface area contributed by atoms with E-state index in [2.05, 4.69) is 26.2 Å². The van der Waals surface area contributed by atoms with Gasteiger partial charge in [-0.15, -0.1) is 0 Å². The van der Waals surface area contributed by atoms with E-state index >= 15 is 0 Å². The van der Waals surface area contributed by atoms with E-state index in [1.54, 1.807) is 25.4 Å². The molecule has 0 aliphatic heterocycles. The minimum Gasteiger partial charge on any atom is -0.319 e. The van der Waals surface area contributed by atoms with Gasteiger partial charge in [0.1, 0.15) is 5.82 Å². The van der Waals surface area contributed by atoms with E-state index in [1.807, 2.05) is 13.0 Å². The Labute approximate surface area is 118 Å². The third-order valence-corrected chi connectivity index (χ3v) is 3.47. The van der Waals surface area contributed by atoms with Crippen LogP contribution in [-0.2, 0) is 7.05 Å². The molecule has 0 aromatic carbocycles. The summed E-state index contributed by atoms with van der Waals surface area (Å²) in [5.41, 5.74) is 0.861. The predicted molar refractivity (Wildman–Crippen MR) is 76.3 cm³/mol. The molecular formula is C13H12BrN3O2. The molecule has 6 heteroatoms. The van der Waals surface area contributed by atoms with E-state index in [4.69, 9.17) is 0 Å². The van der Waals surface area contributed by atoms with Gasteiger partial charge < -0.3 is 9.88 Å². The quantitative estimate of drug-likeness (QED) is 0.921. The van der Waals surface area contributed by atoms with Crippen LogP contribution in [0.3, 0.4) is 0 Å². The molecule has 0 aliphatic rings. The number of nitrogens with one attached hydrogen (secondary N) is 1. The summed E-state index contributed by atoms with van der Waals surface area (Å²) in [6.45, 7) is 1.83. The molecule has 2 aromatic rings. The maximum atomic E-state index is 12.0. The summed E-state index contributed by atoms with van der Waals surface area (Å²) in [6, 6.07) is 6.38. The first-order valence-electron chi connectivity index (χ1n) is 5.58. The molecule has 0 unspecified atom stereocenters. The highest BCUT2D eigenvalue weighted by Crippen LogP contribution is 2.16. The lowest BCUT2D eigenvalue weighted by Crippen LogP contribution is -2.20. The predicted octanol–water partition coefficient (Wildman–Crippen LogP) is 2.10. The molecular weight excluding hydrogens is 310 g/mol. The minimum atomic E-state index is -0.355. The molecule has 0 bridgehead atoms. The Bertz CT molecular complexity index is 695. The molecule has 0 saturated carbocycles. The largest absolute Gasteiger partial charge is 0.319 e. The number of aryl methyl sites for hydroxylation is 2. The average molecular weight is 322 g/mol. The minimum absolute atomic E-state index is 0.229. The topological polar surface area (TPSA) is 64.0 Å². The third-order valence-electron chi connectivity index (χ3n) is 2.63. The van der Waals surface area contributed by atoms with Gasteiger partial charge in [0.25, 0.3) is 11.5 Å². The molecule has 2 heterocycles. The van der Waals surface area contributed by atoms with Gasteiger partial charge in [-0.05, 0) is 41.1 Å². The average Bonchev–Trinajstić information content (AvgIpc) is 2.37. The van der Waals surface area contributed by atoms with E-state index in [0.29, 0.717) is 11.4 Å². The Kier molecular flexibility index (Phi) is 3.80. The second kappa shape index (κ2) is 5.36. The van der Waals surface area contributed by atoms with E-state index in [9.17, 15) is 9.59 Å². The van der Waals surface area contributed by atoms with Crippen LogP contribution in [-0.4, -0.2) is 15.5 Å². The van der Waals surface area contributed by atoms with Crippen molar-refractivity contribution in [1.82, 2.24) is 9.55 Å². The van der Waals surface area contributed by atoms with Crippen LogP contribution in [0, 0.1) is 6.92 Å². The van der Waals surface area contributed by atoms with Gasteiger partial charge in [0.2, 0.25) is 0 Å². The Hall–Kier alpha value is -1.95. The van der Waals surface area contributed by atoms with Gasteiger partial charge in [-0.25, -0.2) is 4.98 Å². The fourth-order valence-corrected chi connectivity index (χ4v) is 1.71. The van der Waals surface area contributed by atoms with Crippen LogP contribution in [0.15, 0.2) is 39.7 Å². The van der Waals surface area contributed by atoms with E-state index in [0.717, 1.165) is 10.2 Å². The van der Waals surface area contributed by atoms with Gasteiger partial charge in [0, 0.05) is 29.3 Å². The van der Waals surface area contributed by atoms with Crippen LogP contribution >= 0.6 is 15.9 Å². The number of hydrogen-bond donors (Lipinski definition) is 1. The zero-order valence-electron chi connectivity index (χ0n) is 10.5. The fourth-order valence-electron chi connectivity index (χ4n) is 1.49. The van der Waals surface area contributed by atoms with Gasteiger partial charge in [0.05, 0.1) is 5.69 Å². The summed E-state index contributed by atoms with van der Waals surface area (Å²) in [6.07, 6.45) is 1.55. The summed E-state index contributed by atoms with van der Waals surface area (Å²) in [4.78, 5) is 27.6. The number of hydrogen-bond acceptors (Lipinski definition) is 3. The molecule has 19 heavy (non-hydrogen) atoms. The van der Waals surface area contributed by atoms with E-state index < -0.39 is 0 Å². The highest BCUT2D eigenvalue weighted by Gasteiger charge is 2.08. The van der Waals surface area contributed by atoms with Crippen molar-refractivity contribution in [2.24, 2.45) is 7.05 Å². The molecule has 2 rings (SSSR count). The summed E-state index contributed by atoms with van der Waals surface area (Å²) in [5.74, 6) is 0.0956. The molecule has 0 radical (unpaired) electrons. The Morgan fingerprint density at radius 3 is 2.74 bits per heavy atom. The number of nitrogens with zero attached hydrogens (tertiary/aromatic N) is 2. The normalized spacial score (nSPS) is 10.3. The SMILES string of the molecule is Cc1nc(NC(=O)c2ccn(C)c(=O)c2)ccc1Br. The maximum absolute atomic E-state index is 12.0. The zero-order chi connectivity index (χ0) is 14.0. The number of carbonyl (C=O) groups is 1. The van der Waals surface area contributed by atoms with Gasteiger partial charge in [-0.3, -0.25) is 9.59 Å². The molecule has 5 nitrogen and oxygen atoms in total. The molecule has 1 amide bonds. The first kappa shape index (κ1) is 13.5. The molecule has 0 saturated heterocycles. The summed E-state index contributed by atoms with van der Waals surface area (Å²) >= 11 is 3.34. The molecule has 0 spiro atoms. The monoisotopic (exact) mass is 321 g/mol.